The lowest BCUT2D eigenvalue weighted by molar-refractivity contribution is -0.137. The van der Waals surface area contributed by atoms with Crippen molar-refractivity contribution in [3.63, 3.8) is 0 Å². The summed E-state index contributed by atoms with van der Waals surface area (Å²) in [5.41, 5.74) is 4.09. The number of primary amides is 1. The smallest absolute Gasteiger partial charge is 0.313 e. The molecule has 0 aliphatic carbocycles. The van der Waals surface area contributed by atoms with Crippen LogP contribution in [0.25, 0.3) is 0 Å². The number of carbonyl (C=O) groups excluding carboxylic acids is 2. The van der Waals surface area contributed by atoms with Gasteiger partial charge in [0.2, 0.25) is 5.91 Å². The lowest BCUT2D eigenvalue weighted by atomic mass is 10.0. The van der Waals surface area contributed by atoms with Gasteiger partial charge in [-0.1, -0.05) is 0 Å². The van der Waals surface area contributed by atoms with Crippen molar-refractivity contribution in [1.29, 1.82) is 0 Å². The maximum Gasteiger partial charge on any atom is 0.313 e. The van der Waals surface area contributed by atoms with Crippen LogP contribution in [-0.2, 0) is 4.79 Å². The number of hydrogen-bond acceptors (Lipinski definition) is 3. The van der Waals surface area contributed by atoms with Crippen molar-refractivity contribution >= 4 is 11.9 Å². The van der Waals surface area contributed by atoms with Crippen LogP contribution in [0.2, 0.25) is 0 Å². The largest absolute Gasteiger partial charge is 0.352 e. The Hall–Kier alpha value is -1.30. The fourth-order valence-corrected chi connectivity index (χ4v) is 1.62. The molecule has 6 heteroatoms. The number of rotatable bonds is 2. The van der Waals surface area contributed by atoms with Crippen LogP contribution in [0.3, 0.4) is 0 Å². The highest BCUT2D eigenvalue weighted by Gasteiger charge is 2.33. The highest BCUT2D eigenvalue weighted by atomic mass is 16.2. The van der Waals surface area contributed by atoms with Gasteiger partial charge in [-0.25, -0.2) is 4.79 Å². The average molecular weight is 214 g/mol. The van der Waals surface area contributed by atoms with Crippen LogP contribution in [0.4, 0.5) is 4.79 Å². The molecule has 0 radical (unpaired) electrons. The summed E-state index contributed by atoms with van der Waals surface area (Å²) in [5, 5.41) is 5.60. The maximum absolute atomic E-state index is 12.0. The van der Waals surface area contributed by atoms with Crippen molar-refractivity contribution in [3.8, 4) is 0 Å². The van der Waals surface area contributed by atoms with E-state index in [9.17, 15) is 9.59 Å². The Morgan fingerprint density at radius 2 is 1.87 bits per heavy atom. The van der Waals surface area contributed by atoms with Crippen molar-refractivity contribution in [1.82, 2.24) is 15.5 Å². The van der Waals surface area contributed by atoms with Gasteiger partial charge in [-0.2, -0.15) is 0 Å². The number of nitrogens with one attached hydrogen (secondary N) is 2. The van der Waals surface area contributed by atoms with Crippen LogP contribution in [0.5, 0.6) is 0 Å². The van der Waals surface area contributed by atoms with Gasteiger partial charge < -0.3 is 21.3 Å². The first-order valence-electron chi connectivity index (χ1n) is 5.01. The summed E-state index contributed by atoms with van der Waals surface area (Å²) < 4.78 is 0. The van der Waals surface area contributed by atoms with Crippen LogP contribution >= 0.6 is 0 Å². The third kappa shape index (κ3) is 3.09. The van der Waals surface area contributed by atoms with Gasteiger partial charge in [-0.3, -0.25) is 4.79 Å². The standard InChI is InChI=1S/C9H18N4O2/c1-9(2,12-8(10)15)7(14)13-5-3-11-4-6-13/h11H,3-6H2,1-2H3,(H3,10,12,15). The van der Waals surface area contributed by atoms with Gasteiger partial charge in [0.1, 0.15) is 5.54 Å². The Morgan fingerprint density at radius 1 is 1.33 bits per heavy atom. The molecule has 1 aliphatic rings. The van der Waals surface area contributed by atoms with Crippen LogP contribution < -0.4 is 16.4 Å². The van der Waals surface area contributed by atoms with Gasteiger partial charge in [0, 0.05) is 26.2 Å². The molecule has 0 aromatic rings. The summed E-state index contributed by atoms with van der Waals surface area (Å²) >= 11 is 0. The topological polar surface area (TPSA) is 87.5 Å². The predicted molar refractivity (Wildman–Crippen MR) is 56.2 cm³/mol. The summed E-state index contributed by atoms with van der Waals surface area (Å²) in [5.74, 6) is -0.0946. The zero-order valence-corrected chi connectivity index (χ0v) is 9.17. The molecule has 1 heterocycles. The Balaban J connectivity index is 2.60. The monoisotopic (exact) mass is 214 g/mol. The highest BCUT2D eigenvalue weighted by molar-refractivity contribution is 5.89. The molecule has 0 atom stereocenters. The average Bonchev–Trinajstić information content (AvgIpc) is 2.16. The van der Waals surface area contributed by atoms with E-state index in [2.05, 4.69) is 10.6 Å². The lowest BCUT2D eigenvalue weighted by Gasteiger charge is -2.34. The molecular formula is C9H18N4O2. The van der Waals surface area contributed by atoms with E-state index in [-0.39, 0.29) is 5.91 Å². The molecule has 0 unspecified atom stereocenters. The first-order valence-corrected chi connectivity index (χ1v) is 5.01. The molecule has 0 saturated carbocycles. The van der Waals surface area contributed by atoms with Crippen molar-refractivity contribution in [2.75, 3.05) is 26.2 Å². The number of amides is 3. The molecule has 1 rings (SSSR count). The zero-order chi connectivity index (χ0) is 11.5. The SMILES string of the molecule is CC(C)(NC(N)=O)C(=O)N1CCNCC1. The number of carbonyl (C=O) groups is 2. The molecular weight excluding hydrogens is 196 g/mol. The molecule has 1 aliphatic heterocycles. The van der Waals surface area contributed by atoms with Crippen molar-refractivity contribution in [2.45, 2.75) is 19.4 Å². The lowest BCUT2D eigenvalue weighted by Crippen LogP contribution is -2.60. The van der Waals surface area contributed by atoms with E-state index in [4.69, 9.17) is 5.73 Å². The molecule has 0 aromatic heterocycles. The molecule has 15 heavy (non-hydrogen) atoms. The Morgan fingerprint density at radius 3 is 2.33 bits per heavy atom. The van der Waals surface area contributed by atoms with Crippen LogP contribution in [0.1, 0.15) is 13.8 Å². The van der Waals surface area contributed by atoms with Crippen LogP contribution in [-0.4, -0.2) is 48.6 Å². The van der Waals surface area contributed by atoms with E-state index in [0.29, 0.717) is 13.1 Å². The molecule has 0 bridgehead atoms. The van der Waals surface area contributed by atoms with Crippen molar-refractivity contribution in [3.05, 3.63) is 0 Å². The molecule has 4 N–H and O–H groups in total. The van der Waals surface area contributed by atoms with E-state index in [0.717, 1.165) is 13.1 Å². The Bertz CT molecular complexity index is 259. The highest BCUT2D eigenvalue weighted by Crippen LogP contribution is 2.08. The fourth-order valence-electron chi connectivity index (χ4n) is 1.62. The summed E-state index contributed by atoms with van der Waals surface area (Å²) in [6, 6.07) is -0.677. The second kappa shape index (κ2) is 4.48. The molecule has 6 nitrogen and oxygen atoms in total. The molecule has 1 fully saturated rings. The van der Waals surface area contributed by atoms with Gasteiger partial charge in [-0.15, -0.1) is 0 Å². The predicted octanol–water partition coefficient (Wildman–Crippen LogP) is -1.13. The number of piperazine rings is 1. The van der Waals surface area contributed by atoms with E-state index >= 15 is 0 Å². The second-order valence-electron chi connectivity index (χ2n) is 4.16. The van der Waals surface area contributed by atoms with E-state index in [1.807, 2.05) is 0 Å². The first-order chi connectivity index (χ1) is 6.93. The number of hydrogen-bond donors (Lipinski definition) is 3. The first kappa shape index (κ1) is 11.8. The molecule has 1 saturated heterocycles. The summed E-state index contributed by atoms with van der Waals surface area (Å²) in [6.07, 6.45) is 0. The van der Waals surface area contributed by atoms with Gasteiger partial charge in [0.15, 0.2) is 0 Å². The Labute approximate surface area is 89.2 Å². The third-order valence-electron chi connectivity index (χ3n) is 2.37. The van der Waals surface area contributed by atoms with Gasteiger partial charge in [0.05, 0.1) is 0 Å². The quantitative estimate of drug-likeness (QED) is 0.543. The molecule has 3 amide bonds. The van der Waals surface area contributed by atoms with Crippen LogP contribution in [0, 0.1) is 0 Å². The van der Waals surface area contributed by atoms with Crippen LogP contribution in [0.15, 0.2) is 0 Å². The maximum atomic E-state index is 12.0. The zero-order valence-electron chi connectivity index (χ0n) is 9.17. The normalized spacial score (nSPS) is 17.3. The molecule has 86 valence electrons. The number of urea groups is 1. The minimum atomic E-state index is -0.927. The number of nitrogens with two attached hydrogens (primary N) is 1. The van der Waals surface area contributed by atoms with Gasteiger partial charge in [0.25, 0.3) is 0 Å². The summed E-state index contributed by atoms with van der Waals surface area (Å²) in [6.45, 7) is 6.23. The van der Waals surface area contributed by atoms with Crippen molar-refractivity contribution < 1.29 is 9.59 Å². The van der Waals surface area contributed by atoms with E-state index < -0.39 is 11.6 Å². The molecule has 0 spiro atoms. The second-order valence-corrected chi connectivity index (χ2v) is 4.16. The third-order valence-corrected chi connectivity index (χ3v) is 2.37. The number of nitrogens with zero attached hydrogens (tertiary/aromatic N) is 1. The minimum absolute atomic E-state index is 0.0946. The van der Waals surface area contributed by atoms with Gasteiger partial charge in [-0.05, 0) is 13.8 Å². The van der Waals surface area contributed by atoms with E-state index in [1.165, 1.54) is 0 Å². The Kier molecular flexibility index (Phi) is 3.52. The van der Waals surface area contributed by atoms with Crippen molar-refractivity contribution in [2.24, 2.45) is 5.73 Å². The fraction of sp³-hybridized carbons (Fsp3) is 0.778. The minimum Gasteiger partial charge on any atom is -0.352 e. The van der Waals surface area contributed by atoms with Gasteiger partial charge >= 0.3 is 6.03 Å². The summed E-state index contributed by atoms with van der Waals surface area (Å²) in [4.78, 5) is 24.4. The molecule has 0 aromatic carbocycles. The summed E-state index contributed by atoms with van der Waals surface area (Å²) in [7, 11) is 0. The van der Waals surface area contributed by atoms with E-state index in [1.54, 1.807) is 18.7 Å².